The molecule has 0 radical (unpaired) electrons. The van der Waals surface area contributed by atoms with Crippen LogP contribution < -0.4 is 10.1 Å². The van der Waals surface area contributed by atoms with E-state index in [-0.39, 0.29) is 24.8 Å². The fourth-order valence-corrected chi connectivity index (χ4v) is 3.78. The molecular formula is C26H22F3N3O2. The van der Waals surface area contributed by atoms with Crippen LogP contribution in [-0.4, -0.2) is 28.7 Å². The Morgan fingerprint density at radius 1 is 1.00 bits per heavy atom. The van der Waals surface area contributed by atoms with Crippen molar-refractivity contribution in [2.45, 2.75) is 26.1 Å². The molecule has 0 atom stereocenters. The van der Waals surface area contributed by atoms with E-state index in [0.29, 0.717) is 5.56 Å². The zero-order valence-electron chi connectivity index (χ0n) is 18.4. The van der Waals surface area contributed by atoms with E-state index in [4.69, 9.17) is 4.74 Å². The van der Waals surface area contributed by atoms with Crippen LogP contribution in [0.1, 0.15) is 16.8 Å². The number of rotatable bonds is 7. The predicted molar refractivity (Wildman–Crippen MR) is 123 cm³/mol. The zero-order valence-corrected chi connectivity index (χ0v) is 18.4. The van der Waals surface area contributed by atoms with Crippen LogP contribution >= 0.6 is 0 Å². The summed E-state index contributed by atoms with van der Waals surface area (Å²) in [4.78, 5) is 21.4. The molecule has 0 aliphatic heterocycles. The van der Waals surface area contributed by atoms with E-state index in [1.54, 1.807) is 12.1 Å². The van der Waals surface area contributed by atoms with Gasteiger partial charge in [-0.05, 0) is 35.7 Å². The number of fused-ring (bicyclic) bond motifs is 1. The van der Waals surface area contributed by atoms with E-state index in [9.17, 15) is 18.0 Å². The van der Waals surface area contributed by atoms with Gasteiger partial charge in [-0.15, -0.1) is 0 Å². The van der Waals surface area contributed by atoms with Crippen LogP contribution in [0, 0.1) is 6.92 Å². The van der Waals surface area contributed by atoms with Crippen molar-refractivity contribution in [2.24, 2.45) is 0 Å². The lowest BCUT2D eigenvalue weighted by molar-refractivity contribution is -0.154. The normalized spacial score (nSPS) is 11.4. The first-order chi connectivity index (χ1) is 16.3. The van der Waals surface area contributed by atoms with Crippen LogP contribution in [0.15, 0.2) is 72.9 Å². The number of benzene rings is 2. The molecule has 0 fully saturated rings. The Balaban J connectivity index is 1.57. The highest BCUT2D eigenvalue weighted by Crippen LogP contribution is 2.33. The van der Waals surface area contributed by atoms with Gasteiger partial charge in [-0.3, -0.25) is 9.78 Å². The maximum absolute atomic E-state index is 12.9. The highest BCUT2D eigenvalue weighted by atomic mass is 19.4. The van der Waals surface area contributed by atoms with E-state index in [0.717, 1.165) is 33.3 Å². The van der Waals surface area contributed by atoms with Crippen LogP contribution in [-0.2, 0) is 17.8 Å². The first-order valence-corrected chi connectivity index (χ1v) is 10.7. The van der Waals surface area contributed by atoms with Crippen molar-refractivity contribution >= 4 is 16.8 Å². The average Bonchev–Trinajstić information content (AvgIpc) is 2.82. The van der Waals surface area contributed by atoms with Gasteiger partial charge in [0.05, 0.1) is 11.9 Å². The van der Waals surface area contributed by atoms with E-state index >= 15 is 0 Å². The number of amides is 1. The maximum Gasteiger partial charge on any atom is 0.422 e. The summed E-state index contributed by atoms with van der Waals surface area (Å²) in [5.41, 5.74) is 4.64. The van der Waals surface area contributed by atoms with E-state index < -0.39 is 12.8 Å². The summed E-state index contributed by atoms with van der Waals surface area (Å²) in [5.74, 6) is -0.448. The molecule has 0 bridgehead atoms. The van der Waals surface area contributed by atoms with Gasteiger partial charge in [0.25, 0.3) is 0 Å². The van der Waals surface area contributed by atoms with Crippen molar-refractivity contribution < 1.29 is 22.7 Å². The molecule has 5 nitrogen and oxygen atoms in total. The molecule has 1 amide bonds. The van der Waals surface area contributed by atoms with Crippen LogP contribution in [0.5, 0.6) is 5.88 Å². The molecule has 2 aromatic heterocycles. The van der Waals surface area contributed by atoms with Crippen molar-refractivity contribution in [1.82, 2.24) is 15.3 Å². The van der Waals surface area contributed by atoms with E-state index in [1.165, 1.54) is 6.20 Å². The molecular weight excluding hydrogens is 443 g/mol. The number of hydrogen-bond donors (Lipinski definition) is 1. The highest BCUT2D eigenvalue weighted by molar-refractivity contribution is 5.98. The minimum absolute atomic E-state index is 0.0133. The second-order valence-corrected chi connectivity index (χ2v) is 7.76. The lowest BCUT2D eigenvalue weighted by atomic mass is 9.92. The standard InChI is InChI=1S/C26H22F3N3O2/c1-17-21(24(18-8-3-2-4-9-18)20-11-5-6-12-22(20)32-17)14-23(33)31-15-19-10-7-13-30-25(19)34-16-26(27,28)29/h2-13H,14-16H2,1H3,(H,31,33). The van der Waals surface area contributed by atoms with Crippen LogP contribution in [0.25, 0.3) is 22.0 Å². The smallest absolute Gasteiger partial charge is 0.422 e. The van der Waals surface area contributed by atoms with Crippen LogP contribution in [0.3, 0.4) is 0 Å². The number of aromatic nitrogens is 2. The Morgan fingerprint density at radius 3 is 2.50 bits per heavy atom. The molecule has 8 heteroatoms. The van der Waals surface area contributed by atoms with Crippen LogP contribution in [0.4, 0.5) is 13.2 Å². The number of nitrogens with zero attached hydrogens (tertiary/aromatic N) is 2. The summed E-state index contributed by atoms with van der Waals surface area (Å²) in [6, 6.07) is 20.7. The fraction of sp³-hybridized carbons (Fsp3) is 0.192. The molecule has 34 heavy (non-hydrogen) atoms. The summed E-state index contributed by atoms with van der Waals surface area (Å²) >= 11 is 0. The SMILES string of the molecule is Cc1nc2ccccc2c(-c2ccccc2)c1CC(=O)NCc1cccnc1OCC(F)(F)F. The highest BCUT2D eigenvalue weighted by Gasteiger charge is 2.29. The third-order valence-corrected chi connectivity index (χ3v) is 5.30. The molecule has 0 saturated carbocycles. The summed E-state index contributed by atoms with van der Waals surface area (Å²) in [6.45, 7) is 0.402. The lowest BCUT2D eigenvalue weighted by Crippen LogP contribution is -2.26. The third-order valence-electron chi connectivity index (χ3n) is 5.30. The summed E-state index contributed by atoms with van der Waals surface area (Å²) < 4.78 is 42.4. The minimum atomic E-state index is -4.48. The topological polar surface area (TPSA) is 64.1 Å². The fourth-order valence-electron chi connectivity index (χ4n) is 3.78. The Kier molecular flexibility index (Phi) is 6.77. The Hall–Kier alpha value is -3.94. The number of carbonyl (C=O) groups is 1. The number of carbonyl (C=O) groups excluding carboxylic acids is 1. The second kappa shape index (κ2) is 9.91. The molecule has 4 rings (SSSR count). The Bertz CT molecular complexity index is 1310. The minimum Gasteiger partial charge on any atom is -0.468 e. The van der Waals surface area contributed by atoms with Gasteiger partial charge in [-0.25, -0.2) is 4.98 Å². The molecule has 1 N–H and O–H groups in total. The van der Waals surface area contributed by atoms with Gasteiger partial charge >= 0.3 is 6.18 Å². The quantitative estimate of drug-likeness (QED) is 0.397. The maximum atomic E-state index is 12.9. The number of nitrogens with one attached hydrogen (secondary N) is 1. The number of ether oxygens (including phenoxy) is 1. The van der Waals surface area contributed by atoms with Crippen molar-refractivity contribution in [3.8, 4) is 17.0 Å². The second-order valence-electron chi connectivity index (χ2n) is 7.76. The molecule has 0 unspecified atom stereocenters. The molecule has 174 valence electrons. The van der Waals surface area contributed by atoms with Gasteiger partial charge in [-0.1, -0.05) is 54.6 Å². The largest absolute Gasteiger partial charge is 0.468 e. The third kappa shape index (κ3) is 5.51. The molecule has 4 aromatic rings. The number of hydrogen-bond acceptors (Lipinski definition) is 4. The first-order valence-electron chi connectivity index (χ1n) is 10.7. The van der Waals surface area contributed by atoms with Gasteiger partial charge in [-0.2, -0.15) is 13.2 Å². The molecule has 0 aliphatic carbocycles. The van der Waals surface area contributed by atoms with Crippen LogP contribution in [0.2, 0.25) is 0 Å². The summed E-state index contributed by atoms with van der Waals surface area (Å²) in [7, 11) is 0. The monoisotopic (exact) mass is 465 g/mol. The van der Waals surface area contributed by atoms with Gasteiger partial charge < -0.3 is 10.1 Å². The Morgan fingerprint density at radius 2 is 1.74 bits per heavy atom. The summed E-state index contributed by atoms with van der Waals surface area (Å²) in [5, 5.41) is 3.71. The number of aryl methyl sites for hydroxylation is 1. The van der Waals surface area contributed by atoms with Crippen molar-refractivity contribution in [1.29, 1.82) is 0 Å². The molecule has 2 aromatic carbocycles. The zero-order chi connectivity index (χ0) is 24.1. The Labute approximate surface area is 194 Å². The van der Waals surface area contributed by atoms with Gasteiger partial charge in [0.2, 0.25) is 11.8 Å². The van der Waals surface area contributed by atoms with Gasteiger partial charge in [0.15, 0.2) is 6.61 Å². The lowest BCUT2D eigenvalue weighted by Gasteiger charge is -2.16. The van der Waals surface area contributed by atoms with E-state index in [2.05, 4.69) is 15.3 Å². The van der Waals surface area contributed by atoms with Crippen molar-refractivity contribution in [3.63, 3.8) is 0 Å². The predicted octanol–water partition coefficient (Wildman–Crippen LogP) is 5.41. The van der Waals surface area contributed by atoms with Gasteiger partial charge in [0, 0.05) is 29.4 Å². The average molecular weight is 465 g/mol. The number of para-hydroxylation sites is 1. The van der Waals surface area contributed by atoms with Crippen molar-refractivity contribution in [2.75, 3.05) is 6.61 Å². The number of alkyl halides is 3. The van der Waals surface area contributed by atoms with Crippen molar-refractivity contribution in [3.05, 3.63) is 89.7 Å². The van der Waals surface area contributed by atoms with E-state index in [1.807, 2.05) is 61.5 Å². The molecule has 0 spiro atoms. The molecule has 0 saturated heterocycles. The number of halogens is 3. The summed E-state index contributed by atoms with van der Waals surface area (Å²) in [6.07, 6.45) is -3.08. The number of pyridine rings is 2. The first kappa shape index (κ1) is 23.2. The molecule has 2 heterocycles. The van der Waals surface area contributed by atoms with Gasteiger partial charge in [0.1, 0.15) is 0 Å². The molecule has 0 aliphatic rings.